The minimum Gasteiger partial charge on any atom is -0.486 e. The van der Waals surface area contributed by atoms with Gasteiger partial charge in [0.05, 0.1) is 4.90 Å². The molecule has 1 fully saturated rings. The van der Waals surface area contributed by atoms with Gasteiger partial charge in [-0.25, -0.2) is 13.1 Å². The van der Waals surface area contributed by atoms with Crippen molar-refractivity contribution in [3.05, 3.63) is 48.0 Å². The molecule has 0 bridgehead atoms. The zero-order valence-corrected chi connectivity index (χ0v) is 15.7. The monoisotopic (exact) mass is 388 g/mol. The predicted molar refractivity (Wildman–Crippen MR) is 99.7 cm³/mol. The quantitative estimate of drug-likeness (QED) is 0.864. The number of fused-ring (bicyclic) bond motifs is 1. The van der Waals surface area contributed by atoms with Gasteiger partial charge in [0, 0.05) is 30.8 Å². The molecular weight excluding hydrogens is 368 g/mol. The Morgan fingerprint density at radius 3 is 2.48 bits per heavy atom. The number of hydrogen-bond acceptors (Lipinski definition) is 5. The number of carbonyl (C=O) groups is 1. The van der Waals surface area contributed by atoms with Crippen molar-refractivity contribution >= 4 is 21.6 Å². The fourth-order valence-corrected chi connectivity index (χ4v) is 4.48. The topological polar surface area (TPSA) is 84.9 Å². The molecule has 2 aliphatic heterocycles. The number of nitrogens with zero attached hydrogens (tertiary/aromatic N) is 1. The van der Waals surface area contributed by atoms with Crippen LogP contribution in [0, 0.1) is 6.92 Å². The lowest BCUT2D eigenvalue weighted by Gasteiger charge is -2.20. The third kappa shape index (κ3) is 3.63. The molecule has 0 radical (unpaired) electrons. The minimum absolute atomic E-state index is 0.0907. The number of amides is 1. The summed E-state index contributed by atoms with van der Waals surface area (Å²) in [6, 6.07) is 11.6. The molecule has 1 N–H and O–H groups in total. The molecule has 2 aromatic rings. The SMILES string of the molecule is Cc1ccc(N2C[C@H](NS(=O)(=O)c3ccc4c(c3)OCCO4)CC2=O)cc1. The Hall–Kier alpha value is -2.58. The molecule has 7 nitrogen and oxygen atoms in total. The van der Waals surface area contributed by atoms with Crippen molar-refractivity contribution in [3.8, 4) is 11.5 Å². The van der Waals surface area contributed by atoms with Gasteiger partial charge in [0.25, 0.3) is 0 Å². The van der Waals surface area contributed by atoms with Crippen LogP contribution in [0.1, 0.15) is 12.0 Å². The Morgan fingerprint density at radius 1 is 1.04 bits per heavy atom. The highest BCUT2D eigenvalue weighted by atomic mass is 32.2. The van der Waals surface area contributed by atoms with Gasteiger partial charge in [-0.2, -0.15) is 0 Å². The molecule has 2 heterocycles. The van der Waals surface area contributed by atoms with Gasteiger partial charge in [-0.1, -0.05) is 17.7 Å². The van der Waals surface area contributed by atoms with Crippen LogP contribution >= 0.6 is 0 Å². The maximum atomic E-state index is 12.7. The van der Waals surface area contributed by atoms with Gasteiger partial charge in [0.2, 0.25) is 15.9 Å². The van der Waals surface area contributed by atoms with Crippen molar-refractivity contribution in [1.82, 2.24) is 4.72 Å². The molecule has 0 spiro atoms. The Labute approximate surface area is 157 Å². The second kappa shape index (κ2) is 6.86. The molecule has 0 aromatic heterocycles. The van der Waals surface area contributed by atoms with E-state index in [2.05, 4.69) is 4.72 Å². The van der Waals surface area contributed by atoms with Crippen LogP contribution in [0.2, 0.25) is 0 Å². The molecule has 0 aliphatic carbocycles. The van der Waals surface area contributed by atoms with Crippen molar-refractivity contribution in [2.75, 3.05) is 24.7 Å². The van der Waals surface area contributed by atoms with Crippen molar-refractivity contribution in [2.24, 2.45) is 0 Å². The van der Waals surface area contributed by atoms with Crippen molar-refractivity contribution < 1.29 is 22.7 Å². The first-order valence-electron chi connectivity index (χ1n) is 8.71. The van der Waals surface area contributed by atoms with Gasteiger partial charge in [0.1, 0.15) is 13.2 Å². The summed E-state index contributed by atoms with van der Waals surface area (Å²) in [5, 5.41) is 0. The van der Waals surface area contributed by atoms with Crippen molar-refractivity contribution in [1.29, 1.82) is 0 Å². The Morgan fingerprint density at radius 2 is 1.74 bits per heavy atom. The second-order valence-electron chi connectivity index (χ2n) is 6.67. The number of sulfonamides is 1. The van der Waals surface area contributed by atoms with Gasteiger partial charge >= 0.3 is 0 Å². The smallest absolute Gasteiger partial charge is 0.241 e. The normalized spacial score (nSPS) is 19.4. The number of hydrogen-bond donors (Lipinski definition) is 1. The van der Waals surface area contributed by atoms with E-state index in [0.717, 1.165) is 11.3 Å². The van der Waals surface area contributed by atoms with Gasteiger partial charge in [-0.15, -0.1) is 0 Å². The van der Waals surface area contributed by atoms with Crippen LogP contribution in [0.4, 0.5) is 5.69 Å². The van der Waals surface area contributed by atoms with E-state index in [0.29, 0.717) is 31.3 Å². The fourth-order valence-electron chi connectivity index (χ4n) is 3.24. The zero-order chi connectivity index (χ0) is 19.0. The Kier molecular flexibility index (Phi) is 4.53. The highest BCUT2D eigenvalue weighted by molar-refractivity contribution is 7.89. The lowest BCUT2D eigenvalue weighted by molar-refractivity contribution is -0.117. The highest BCUT2D eigenvalue weighted by Crippen LogP contribution is 2.32. The number of aryl methyl sites for hydroxylation is 1. The number of carbonyl (C=O) groups excluding carboxylic acids is 1. The molecule has 0 unspecified atom stereocenters. The number of anilines is 1. The summed E-state index contributed by atoms with van der Waals surface area (Å²) in [5.74, 6) is 0.837. The molecule has 2 aliphatic rings. The molecule has 4 rings (SSSR count). The van der Waals surface area contributed by atoms with E-state index in [-0.39, 0.29) is 17.2 Å². The molecular formula is C19H20N2O5S. The zero-order valence-electron chi connectivity index (χ0n) is 14.8. The molecule has 1 atom stereocenters. The first-order chi connectivity index (χ1) is 12.9. The molecule has 2 aromatic carbocycles. The van der Waals surface area contributed by atoms with E-state index in [1.54, 1.807) is 11.0 Å². The fraction of sp³-hybridized carbons (Fsp3) is 0.316. The molecule has 8 heteroatoms. The van der Waals surface area contributed by atoms with Crippen molar-refractivity contribution in [2.45, 2.75) is 24.3 Å². The number of benzene rings is 2. The first-order valence-corrected chi connectivity index (χ1v) is 10.2. The van der Waals surface area contributed by atoms with Gasteiger partial charge in [-0.05, 0) is 31.2 Å². The third-order valence-electron chi connectivity index (χ3n) is 4.62. The maximum absolute atomic E-state index is 12.7. The molecule has 27 heavy (non-hydrogen) atoms. The summed E-state index contributed by atoms with van der Waals surface area (Å²) in [7, 11) is -3.78. The number of rotatable bonds is 4. The van der Waals surface area contributed by atoms with Crippen LogP contribution in [0.25, 0.3) is 0 Å². The van der Waals surface area contributed by atoms with E-state index >= 15 is 0 Å². The summed E-state index contributed by atoms with van der Waals surface area (Å²) in [4.78, 5) is 14.0. The van der Waals surface area contributed by atoms with Crippen LogP contribution < -0.4 is 19.1 Å². The Balaban J connectivity index is 1.50. The highest BCUT2D eigenvalue weighted by Gasteiger charge is 2.34. The number of nitrogens with one attached hydrogen (secondary N) is 1. The van der Waals surface area contributed by atoms with Crippen LogP contribution in [-0.4, -0.2) is 40.1 Å². The van der Waals surface area contributed by atoms with Crippen molar-refractivity contribution in [3.63, 3.8) is 0 Å². The van der Waals surface area contributed by atoms with E-state index in [9.17, 15) is 13.2 Å². The Bertz CT molecular complexity index is 972. The predicted octanol–water partition coefficient (Wildman–Crippen LogP) is 1.85. The molecule has 142 valence electrons. The molecule has 1 saturated heterocycles. The summed E-state index contributed by atoms with van der Waals surface area (Å²) < 4.78 is 39.0. The summed E-state index contributed by atoms with van der Waals surface area (Å²) in [5.41, 5.74) is 1.87. The largest absolute Gasteiger partial charge is 0.486 e. The van der Waals surface area contributed by atoms with E-state index < -0.39 is 16.1 Å². The van der Waals surface area contributed by atoms with E-state index in [4.69, 9.17) is 9.47 Å². The van der Waals surface area contributed by atoms with Crippen LogP contribution in [-0.2, 0) is 14.8 Å². The standard InChI is InChI=1S/C19H20N2O5S/c1-13-2-4-15(5-3-13)21-12-14(10-19(21)22)20-27(23,24)16-6-7-17-18(11-16)26-9-8-25-17/h2-7,11,14,20H,8-10,12H2,1H3/t14-/m1/s1. The van der Waals surface area contributed by atoms with Crippen LogP contribution in [0.5, 0.6) is 11.5 Å². The molecule has 1 amide bonds. The number of ether oxygens (including phenoxy) is 2. The van der Waals surface area contributed by atoms with E-state index in [1.807, 2.05) is 31.2 Å². The lowest BCUT2D eigenvalue weighted by atomic mass is 10.2. The average Bonchev–Trinajstić information content (AvgIpc) is 3.01. The van der Waals surface area contributed by atoms with Crippen LogP contribution in [0.3, 0.4) is 0 Å². The minimum atomic E-state index is -3.78. The maximum Gasteiger partial charge on any atom is 0.241 e. The van der Waals surface area contributed by atoms with Crippen LogP contribution in [0.15, 0.2) is 47.4 Å². The second-order valence-corrected chi connectivity index (χ2v) is 8.38. The van der Waals surface area contributed by atoms with Gasteiger partial charge < -0.3 is 14.4 Å². The average molecular weight is 388 g/mol. The summed E-state index contributed by atoms with van der Waals surface area (Å²) in [6.07, 6.45) is 0.123. The summed E-state index contributed by atoms with van der Waals surface area (Å²) >= 11 is 0. The van der Waals surface area contributed by atoms with E-state index in [1.165, 1.54) is 12.1 Å². The molecule has 0 saturated carbocycles. The van der Waals surface area contributed by atoms with Gasteiger partial charge in [0.15, 0.2) is 11.5 Å². The lowest BCUT2D eigenvalue weighted by Crippen LogP contribution is -2.37. The first kappa shape index (κ1) is 17.8. The van der Waals surface area contributed by atoms with Gasteiger partial charge in [-0.3, -0.25) is 4.79 Å². The third-order valence-corrected chi connectivity index (χ3v) is 6.13. The summed E-state index contributed by atoms with van der Waals surface area (Å²) in [6.45, 7) is 3.09.